The predicted molar refractivity (Wildman–Crippen MR) is 118 cm³/mol. The number of aromatic nitrogens is 2. The average Bonchev–Trinajstić information content (AvgIpc) is 3.27. The lowest BCUT2D eigenvalue weighted by atomic mass is 10.1. The van der Waals surface area contributed by atoms with Gasteiger partial charge in [-0.3, -0.25) is 9.59 Å². The first-order valence-electron chi connectivity index (χ1n) is 10.6. The third kappa shape index (κ3) is 4.49. The highest BCUT2D eigenvalue weighted by atomic mass is 16.5. The molecular weight excluding hydrogens is 408 g/mol. The number of hydrogen-bond donors (Lipinski definition) is 0. The van der Waals surface area contributed by atoms with E-state index in [2.05, 4.69) is 10.1 Å². The average molecular weight is 434 g/mol. The lowest BCUT2D eigenvalue weighted by molar-refractivity contribution is -0.133. The lowest BCUT2D eigenvalue weighted by Gasteiger charge is -2.40. The summed E-state index contributed by atoms with van der Waals surface area (Å²) in [7, 11) is 1.59. The van der Waals surface area contributed by atoms with E-state index in [-0.39, 0.29) is 24.3 Å². The van der Waals surface area contributed by atoms with Crippen molar-refractivity contribution in [2.75, 3.05) is 26.7 Å². The summed E-state index contributed by atoms with van der Waals surface area (Å²) in [4.78, 5) is 33.8. The zero-order valence-corrected chi connectivity index (χ0v) is 18.4. The number of hydrogen-bond acceptors (Lipinski definition) is 6. The van der Waals surface area contributed by atoms with Gasteiger partial charge in [-0.25, -0.2) is 0 Å². The zero-order valence-electron chi connectivity index (χ0n) is 18.4. The molecule has 0 aliphatic carbocycles. The standard InChI is InChI=1S/C24H26N4O4/c1-16-7-4-5-10-20(16)24(30)28-12-11-27(15-17(28)2)22(29)14-21-25-23(32-26-21)18-8-6-9-19(13-18)31-3/h4-10,13,17H,11-12,14-15H2,1-3H3. The van der Waals surface area contributed by atoms with Gasteiger partial charge in [0.2, 0.25) is 5.91 Å². The molecule has 4 rings (SSSR count). The zero-order chi connectivity index (χ0) is 22.7. The first-order chi connectivity index (χ1) is 15.5. The molecule has 0 spiro atoms. The van der Waals surface area contributed by atoms with Crippen molar-refractivity contribution in [1.82, 2.24) is 19.9 Å². The van der Waals surface area contributed by atoms with Gasteiger partial charge in [0.15, 0.2) is 5.82 Å². The minimum Gasteiger partial charge on any atom is -0.497 e. The molecule has 1 saturated heterocycles. The van der Waals surface area contributed by atoms with Crippen molar-refractivity contribution in [2.45, 2.75) is 26.3 Å². The van der Waals surface area contributed by atoms with Crippen molar-refractivity contribution < 1.29 is 18.8 Å². The Balaban J connectivity index is 1.38. The molecule has 166 valence electrons. The van der Waals surface area contributed by atoms with Crippen LogP contribution in [0.1, 0.15) is 28.7 Å². The van der Waals surface area contributed by atoms with Crippen molar-refractivity contribution in [2.24, 2.45) is 0 Å². The Bertz CT molecular complexity index is 1130. The van der Waals surface area contributed by atoms with E-state index in [9.17, 15) is 9.59 Å². The first kappa shape index (κ1) is 21.5. The number of methoxy groups -OCH3 is 1. The highest BCUT2D eigenvalue weighted by molar-refractivity contribution is 5.96. The molecule has 2 aromatic carbocycles. The number of carbonyl (C=O) groups is 2. The summed E-state index contributed by atoms with van der Waals surface area (Å²) in [5.41, 5.74) is 2.38. The molecule has 1 aliphatic heterocycles. The highest BCUT2D eigenvalue weighted by Crippen LogP contribution is 2.22. The van der Waals surface area contributed by atoms with Gasteiger partial charge in [-0.1, -0.05) is 29.4 Å². The molecule has 1 aliphatic rings. The molecule has 3 aromatic rings. The number of ether oxygens (including phenoxy) is 1. The van der Waals surface area contributed by atoms with E-state index in [4.69, 9.17) is 9.26 Å². The number of carbonyl (C=O) groups excluding carboxylic acids is 2. The van der Waals surface area contributed by atoms with Crippen LogP contribution in [-0.2, 0) is 11.2 Å². The van der Waals surface area contributed by atoms with E-state index < -0.39 is 0 Å². The normalized spacial score (nSPS) is 16.2. The quantitative estimate of drug-likeness (QED) is 0.613. The summed E-state index contributed by atoms with van der Waals surface area (Å²) in [6.45, 7) is 5.33. The Morgan fingerprint density at radius 1 is 1.16 bits per heavy atom. The third-order valence-corrected chi connectivity index (χ3v) is 5.71. The predicted octanol–water partition coefficient (Wildman–Crippen LogP) is 2.97. The monoisotopic (exact) mass is 434 g/mol. The maximum absolute atomic E-state index is 13.0. The summed E-state index contributed by atoms with van der Waals surface area (Å²) in [5, 5.41) is 3.96. The molecule has 0 saturated carbocycles. The van der Waals surface area contributed by atoms with Gasteiger partial charge in [-0.2, -0.15) is 4.98 Å². The van der Waals surface area contributed by atoms with Gasteiger partial charge in [-0.05, 0) is 43.7 Å². The summed E-state index contributed by atoms with van der Waals surface area (Å²) in [6.07, 6.45) is 0.0475. The van der Waals surface area contributed by atoms with Crippen LogP contribution in [-0.4, -0.2) is 64.5 Å². The van der Waals surface area contributed by atoms with E-state index in [1.807, 2.05) is 61.2 Å². The van der Waals surface area contributed by atoms with Crippen LogP contribution in [0.15, 0.2) is 53.1 Å². The topological polar surface area (TPSA) is 88.8 Å². The molecule has 1 unspecified atom stereocenters. The Labute approximate surface area is 186 Å². The molecule has 32 heavy (non-hydrogen) atoms. The summed E-state index contributed by atoms with van der Waals surface area (Å²) in [6, 6.07) is 14.8. The molecule has 2 heterocycles. The van der Waals surface area contributed by atoms with E-state index in [0.717, 1.165) is 11.1 Å². The van der Waals surface area contributed by atoms with Crippen LogP contribution < -0.4 is 4.74 Å². The van der Waals surface area contributed by atoms with Gasteiger partial charge in [0.1, 0.15) is 5.75 Å². The fraction of sp³-hybridized carbons (Fsp3) is 0.333. The van der Waals surface area contributed by atoms with Crippen LogP contribution >= 0.6 is 0 Å². The number of nitrogens with zero attached hydrogens (tertiary/aromatic N) is 4. The molecule has 1 fully saturated rings. The number of benzene rings is 2. The Kier molecular flexibility index (Phi) is 6.20. The number of amides is 2. The lowest BCUT2D eigenvalue weighted by Crippen LogP contribution is -2.55. The minimum atomic E-state index is -0.0857. The second kappa shape index (κ2) is 9.21. The van der Waals surface area contributed by atoms with Crippen molar-refractivity contribution in [3.63, 3.8) is 0 Å². The van der Waals surface area contributed by atoms with Gasteiger partial charge in [0, 0.05) is 36.8 Å². The fourth-order valence-electron chi connectivity index (χ4n) is 3.90. The van der Waals surface area contributed by atoms with Gasteiger partial charge in [-0.15, -0.1) is 0 Å². The Hall–Kier alpha value is -3.68. The van der Waals surface area contributed by atoms with Crippen molar-refractivity contribution >= 4 is 11.8 Å². The van der Waals surface area contributed by atoms with Crippen LogP contribution in [0.3, 0.4) is 0 Å². The number of piperazine rings is 1. The van der Waals surface area contributed by atoms with E-state index in [1.54, 1.807) is 18.1 Å². The third-order valence-electron chi connectivity index (χ3n) is 5.71. The molecule has 1 aromatic heterocycles. The maximum atomic E-state index is 13.0. The van der Waals surface area contributed by atoms with Crippen molar-refractivity contribution in [1.29, 1.82) is 0 Å². The molecule has 0 N–H and O–H groups in total. The number of aryl methyl sites for hydroxylation is 1. The molecule has 8 nitrogen and oxygen atoms in total. The van der Waals surface area contributed by atoms with E-state index in [1.165, 1.54) is 0 Å². The molecule has 0 bridgehead atoms. The SMILES string of the molecule is COc1cccc(-c2nc(CC(=O)N3CCN(C(=O)c4ccccc4C)C(C)C3)no2)c1. The molecule has 0 radical (unpaired) electrons. The van der Waals surface area contributed by atoms with Crippen LogP contribution in [0.5, 0.6) is 5.75 Å². The van der Waals surface area contributed by atoms with Gasteiger partial charge in [0.25, 0.3) is 11.8 Å². The van der Waals surface area contributed by atoms with Gasteiger partial charge >= 0.3 is 0 Å². The van der Waals surface area contributed by atoms with Crippen LogP contribution in [0.4, 0.5) is 0 Å². The van der Waals surface area contributed by atoms with E-state index >= 15 is 0 Å². The summed E-state index contributed by atoms with van der Waals surface area (Å²) < 4.78 is 10.5. The van der Waals surface area contributed by atoms with Crippen molar-refractivity contribution in [3.05, 3.63) is 65.5 Å². The highest BCUT2D eigenvalue weighted by Gasteiger charge is 2.31. The smallest absolute Gasteiger partial charge is 0.258 e. The second-order valence-electron chi connectivity index (χ2n) is 7.93. The number of rotatable bonds is 5. The maximum Gasteiger partial charge on any atom is 0.258 e. The minimum absolute atomic E-state index is 0.00352. The molecule has 2 amide bonds. The van der Waals surface area contributed by atoms with Crippen molar-refractivity contribution in [3.8, 4) is 17.2 Å². The van der Waals surface area contributed by atoms with Gasteiger partial charge in [0.05, 0.1) is 13.5 Å². The molecule has 1 atom stereocenters. The Morgan fingerprint density at radius 2 is 1.97 bits per heavy atom. The van der Waals surface area contributed by atoms with Gasteiger partial charge < -0.3 is 19.1 Å². The first-order valence-corrected chi connectivity index (χ1v) is 10.6. The van der Waals surface area contributed by atoms with Crippen LogP contribution in [0.25, 0.3) is 11.5 Å². The molecule has 8 heteroatoms. The largest absolute Gasteiger partial charge is 0.497 e. The van der Waals surface area contributed by atoms with Crippen LogP contribution in [0, 0.1) is 6.92 Å². The summed E-state index contributed by atoms with van der Waals surface area (Å²) in [5.74, 6) is 1.28. The fourth-order valence-corrected chi connectivity index (χ4v) is 3.90. The summed E-state index contributed by atoms with van der Waals surface area (Å²) >= 11 is 0. The van der Waals surface area contributed by atoms with E-state index in [0.29, 0.717) is 42.7 Å². The second-order valence-corrected chi connectivity index (χ2v) is 7.93. The Morgan fingerprint density at radius 3 is 2.72 bits per heavy atom. The van der Waals surface area contributed by atoms with Crippen LogP contribution in [0.2, 0.25) is 0 Å². The molecular formula is C24H26N4O4.